The van der Waals surface area contributed by atoms with Crippen LogP contribution in [0, 0.1) is 0 Å². The van der Waals surface area contributed by atoms with E-state index in [-0.39, 0.29) is 5.91 Å². The second-order valence-electron chi connectivity index (χ2n) is 5.09. The largest absolute Gasteiger partial charge is 0.496 e. The summed E-state index contributed by atoms with van der Waals surface area (Å²) in [5, 5.41) is 7.11. The van der Waals surface area contributed by atoms with Crippen LogP contribution >= 0.6 is 0 Å². The Morgan fingerprint density at radius 1 is 1.22 bits per heavy atom. The number of aromatic nitrogens is 3. The molecule has 0 aliphatic rings. The molecule has 118 valence electrons. The van der Waals surface area contributed by atoms with Crippen LogP contribution in [-0.4, -0.2) is 27.4 Å². The highest BCUT2D eigenvalue weighted by atomic mass is 16.5. The van der Waals surface area contributed by atoms with Crippen molar-refractivity contribution in [2.45, 2.75) is 6.54 Å². The first kappa shape index (κ1) is 14.9. The molecule has 0 spiro atoms. The summed E-state index contributed by atoms with van der Waals surface area (Å²) < 4.78 is 8.84. The highest BCUT2D eigenvalue weighted by molar-refractivity contribution is 5.97. The highest BCUT2D eigenvalue weighted by Gasteiger charge is 2.17. The second-order valence-corrected chi connectivity index (χ2v) is 5.09. The molecule has 0 saturated heterocycles. The minimum Gasteiger partial charge on any atom is -0.496 e. The van der Waals surface area contributed by atoms with E-state index in [0.29, 0.717) is 12.1 Å². The first-order valence-corrected chi connectivity index (χ1v) is 7.26. The molecule has 23 heavy (non-hydrogen) atoms. The van der Waals surface area contributed by atoms with Crippen LogP contribution in [0.3, 0.4) is 0 Å². The molecule has 0 atom stereocenters. The molecule has 3 aromatic rings. The van der Waals surface area contributed by atoms with Crippen molar-refractivity contribution in [1.29, 1.82) is 0 Å². The fraction of sp³-hybridized carbons (Fsp3) is 0.176. The quantitative estimate of drug-likeness (QED) is 0.785. The van der Waals surface area contributed by atoms with E-state index in [1.165, 1.54) is 0 Å². The van der Waals surface area contributed by atoms with Gasteiger partial charge in [-0.25, -0.2) is 0 Å². The van der Waals surface area contributed by atoms with Crippen molar-refractivity contribution in [3.05, 3.63) is 66.1 Å². The van der Waals surface area contributed by atoms with E-state index < -0.39 is 0 Å². The summed E-state index contributed by atoms with van der Waals surface area (Å²) in [6, 6.07) is 11.4. The van der Waals surface area contributed by atoms with Crippen LogP contribution in [0.2, 0.25) is 0 Å². The van der Waals surface area contributed by atoms with Gasteiger partial charge in [-0.3, -0.25) is 9.48 Å². The molecule has 6 heteroatoms. The van der Waals surface area contributed by atoms with Crippen molar-refractivity contribution < 1.29 is 9.53 Å². The number of carbonyl (C=O) groups excluding carboxylic acids is 1. The lowest BCUT2D eigenvalue weighted by Crippen LogP contribution is -2.24. The Bertz CT molecular complexity index is 806. The molecule has 2 aromatic heterocycles. The van der Waals surface area contributed by atoms with Crippen LogP contribution in [0.4, 0.5) is 0 Å². The third-order valence-corrected chi connectivity index (χ3v) is 3.63. The van der Waals surface area contributed by atoms with Gasteiger partial charge in [-0.1, -0.05) is 18.2 Å². The molecular formula is C17H18N4O2. The van der Waals surface area contributed by atoms with E-state index >= 15 is 0 Å². The van der Waals surface area contributed by atoms with E-state index in [1.54, 1.807) is 18.0 Å². The molecule has 0 radical (unpaired) electrons. The Kier molecular flexibility index (Phi) is 4.14. The van der Waals surface area contributed by atoms with Gasteiger partial charge in [0.05, 0.1) is 13.3 Å². The lowest BCUT2D eigenvalue weighted by Gasteiger charge is -2.10. The average Bonchev–Trinajstić information content (AvgIpc) is 3.22. The first-order valence-electron chi connectivity index (χ1n) is 7.26. The molecule has 0 aliphatic heterocycles. The molecule has 0 fully saturated rings. The number of hydrogen-bond donors (Lipinski definition) is 1. The molecule has 6 nitrogen and oxygen atoms in total. The lowest BCUT2D eigenvalue weighted by molar-refractivity contribution is 0.0950. The van der Waals surface area contributed by atoms with Gasteiger partial charge in [0.25, 0.3) is 5.91 Å². The summed E-state index contributed by atoms with van der Waals surface area (Å²) in [5.74, 6) is 1.31. The van der Waals surface area contributed by atoms with Crippen LogP contribution in [-0.2, 0) is 13.6 Å². The van der Waals surface area contributed by atoms with E-state index in [0.717, 1.165) is 17.1 Å². The van der Waals surface area contributed by atoms with Crippen molar-refractivity contribution in [1.82, 2.24) is 19.7 Å². The van der Waals surface area contributed by atoms with E-state index in [1.807, 2.05) is 60.4 Å². The number of nitrogens with zero attached hydrogens (tertiary/aromatic N) is 3. The summed E-state index contributed by atoms with van der Waals surface area (Å²) in [7, 11) is 3.43. The zero-order valence-electron chi connectivity index (χ0n) is 13.1. The third kappa shape index (κ3) is 2.96. The predicted molar refractivity (Wildman–Crippen MR) is 86.7 cm³/mol. The lowest BCUT2D eigenvalue weighted by atomic mass is 10.2. The van der Waals surface area contributed by atoms with Gasteiger partial charge in [0.2, 0.25) is 0 Å². The van der Waals surface area contributed by atoms with Gasteiger partial charge in [0.15, 0.2) is 0 Å². The number of amides is 1. The Labute approximate surface area is 134 Å². The minimum absolute atomic E-state index is 0.173. The van der Waals surface area contributed by atoms with Gasteiger partial charge in [-0.05, 0) is 18.2 Å². The zero-order valence-corrected chi connectivity index (χ0v) is 13.1. The third-order valence-electron chi connectivity index (χ3n) is 3.63. The van der Waals surface area contributed by atoms with Crippen LogP contribution in [0.1, 0.15) is 15.9 Å². The monoisotopic (exact) mass is 310 g/mol. The van der Waals surface area contributed by atoms with E-state index in [9.17, 15) is 4.79 Å². The Morgan fingerprint density at radius 3 is 2.70 bits per heavy atom. The number of aryl methyl sites for hydroxylation is 1. The number of para-hydroxylation sites is 1. The van der Waals surface area contributed by atoms with Crippen LogP contribution in [0.5, 0.6) is 5.75 Å². The maximum Gasteiger partial charge on any atom is 0.256 e. The number of carbonyl (C=O) groups is 1. The van der Waals surface area contributed by atoms with Gasteiger partial charge in [-0.2, -0.15) is 5.10 Å². The molecule has 3 rings (SSSR count). The Morgan fingerprint density at radius 2 is 1.96 bits per heavy atom. The zero-order chi connectivity index (χ0) is 16.2. The SMILES string of the molecule is COc1ccccc1CNC(=O)c1cnn(C)c1-n1cccc1. The van der Waals surface area contributed by atoms with Crippen LogP contribution in [0.15, 0.2) is 55.0 Å². The van der Waals surface area contributed by atoms with Gasteiger partial charge in [-0.15, -0.1) is 0 Å². The molecule has 1 N–H and O–H groups in total. The standard InChI is InChI=1S/C17H18N4O2/c1-20-17(21-9-5-6-10-21)14(12-19-20)16(22)18-11-13-7-3-4-8-15(13)23-2/h3-10,12H,11H2,1-2H3,(H,18,22). The first-order chi connectivity index (χ1) is 11.2. The summed E-state index contributed by atoms with van der Waals surface area (Å²) >= 11 is 0. The summed E-state index contributed by atoms with van der Waals surface area (Å²) in [4.78, 5) is 12.5. The summed E-state index contributed by atoms with van der Waals surface area (Å²) in [6.45, 7) is 0.392. The molecule has 0 unspecified atom stereocenters. The second kappa shape index (κ2) is 6.39. The van der Waals surface area contributed by atoms with Crippen LogP contribution < -0.4 is 10.1 Å². The maximum atomic E-state index is 12.5. The fourth-order valence-corrected chi connectivity index (χ4v) is 2.49. The normalized spacial score (nSPS) is 10.5. The van der Waals surface area contributed by atoms with Gasteiger partial charge in [0, 0.05) is 31.5 Å². The van der Waals surface area contributed by atoms with E-state index in [2.05, 4.69) is 10.4 Å². The highest BCUT2D eigenvalue weighted by Crippen LogP contribution is 2.18. The Hall–Kier alpha value is -3.02. The van der Waals surface area contributed by atoms with Crippen molar-refractivity contribution in [3.63, 3.8) is 0 Å². The molecule has 2 heterocycles. The van der Waals surface area contributed by atoms with Crippen molar-refractivity contribution in [2.75, 3.05) is 7.11 Å². The predicted octanol–water partition coefficient (Wildman–Crippen LogP) is 2.15. The van der Waals surface area contributed by atoms with Gasteiger partial charge in [0.1, 0.15) is 17.1 Å². The van der Waals surface area contributed by atoms with E-state index in [4.69, 9.17) is 4.74 Å². The Balaban J connectivity index is 1.80. The number of benzene rings is 1. The topological polar surface area (TPSA) is 61.1 Å². The smallest absolute Gasteiger partial charge is 0.256 e. The average molecular weight is 310 g/mol. The minimum atomic E-state index is -0.173. The van der Waals surface area contributed by atoms with Crippen molar-refractivity contribution in [2.24, 2.45) is 7.05 Å². The fourth-order valence-electron chi connectivity index (χ4n) is 2.49. The summed E-state index contributed by atoms with van der Waals surface area (Å²) in [6.07, 6.45) is 5.34. The molecule has 1 amide bonds. The molecule has 0 saturated carbocycles. The van der Waals surface area contributed by atoms with Crippen LogP contribution in [0.25, 0.3) is 5.82 Å². The number of nitrogens with one attached hydrogen (secondary N) is 1. The maximum absolute atomic E-state index is 12.5. The number of rotatable bonds is 5. The van der Waals surface area contributed by atoms with Gasteiger partial charge < -0.3 is 14.6 Å². The molecular weight excluding hydrogens is 292 g/mol. The number of hydrogen-bond acceptors (Lipinski definition) is 3. The summed E-state index contributed by atoms with van der Waals surface area (Å²) in [5.41, 5.74) is 1.45. The molecule has 0 bridgehead atoms. The molecule has 0 aliphatic carbocycles. The molecule has 1 aromatic carbocycles. The van der Waals surface area contributed by atoms with Crippen molar-refractivity contribution >= 4 is 5.91 Å². The number of methoxy groups -OCH3 is 1. The van der Waals surface area contributed by atoms with Crippen molar-refractivity contribution in [3.8, 4) is 11.6 Å². The number of ether oxygens (including phenoxy) is 1. The van der Waals surface area contributed by atoms with Gasteiger partial charge >= 0.3 is 0 Å².